The number of primary amides is 1. The summed E-state index contributed by atoms with van der Waals surface area (Å²) in [5.74, 6) is -1.67. The Labute approximate surface area is 121 Å². The maximum absolute atomic E-state index is 14.0. The van der Waals surface area contributed by atoms with Gasteiger partial charge in [0.25, 0.3) is 5.91 Å². The summed E-state index contributed by atoms with van der Waals surface area (Å²) in [4.78, 5) is 12.8. The second-order valence-electron chi connectivity index (χ2n) is 4.74. The van der Waals surface area contributed by atoms with Crippen molar-refractivity contribution in [3.63, 3.8) is 0 Å². The summed E-state index contributed by atoms with van der Waals surface area (Å²) < 4.78 is 27.1. The highest BCUT2D eigenvalue weighted by Crippen LogP contribution is 2.25. The van der Waals surface area contributed by atoms with Crippen molar-refractivity contribution in [3.05, 3.63) is 59.2 Å². The van der Waals surface area contributed by atoms with Gasteiger partial charge >= 0.3 is 0 Å². The van der Waals surface area contributed by atoms with Crippen LogP contribution in [0.4, 0.5) is 20.2 Å². The molecule has 0 atom stereocenters. The first kappa shape index (κ1) is 14.8. The number of nitrogens with zero attached hydrogens (tertiary/aromatic N) is 1. The molecule has 21 heavy (non-hydrogen) atoms. The summed E-state index contributed by atoms with van der Waals surface area (Å²) in [5, 5.41) is 0. The summed E-state index contributed by atoms with van der Waals surface area (Å²) in [7, 11) is 1.63. The van der Waals surface area contributed by atoms with Crippen molar-refractivity contribution >= 4 is 17.3 Å². The van der Waals surface area contributed by atoms with Gasteiger partial charge in [0, 0.05) is 19.3 Å². The third-order valence-corrected chi connectivity index (χ3v) is 3.10. The zero-order chi connectivity index (χ0) is 15.6. The highest BCUT2D eigenvalue weighted by Gasteiger charge is 2.15. The molecule has 0 spiro atoms. The van der Waals surface area contributed by atoms with Gasteiger partial charge in [-0.25, -0.2) is 8.78 Å². The lowest BCUT2D eigenvalue weighted by Crippen LogP contribution is -2.20. The summed E-state index contributed by atoms with van der Waals surface area (Å²) in [6.07, 6.45) is 0. The number of hydrogen-bond donors (Lipinski definition) is 2. The fraction of sp³-hybridized carbons (Fsp3) is 0.133. The number of nitrogen functional groups attached to an aromatic ring is 1. The molecule has 4 N–H and O–H groups in total. The number of halogens is 2. The molecule has 0 aliphatic carbocycles. The second kappa shape index (κ2) is 5.78. The third-order valence-electron chi connectivity index (χ3n) is 3.10. The number of anilines is 2. The molecular weight excluding hydrogens is 276 g/mol. The van der Waals surface area contributed by atoms with E-state index in [-0.39, 0.29) is 29.3 Å². The minimum Gasteiger partial charge on any atom is -0.398 e. The standard InChI is InChI=1S/C15H15F2N3O/c1-20(8-9-3-2-4-10(16)5-9)14-6-11(15(19)21)13(18)7-12(14)17/h2-7H,8,18H2,1H3,(H2,19,21). The molecule has 0 aromatic heterocycles. The predicted octanol–water partition coefficient (Wildman–Crippen LogP) is 2.28. The molecule has 2 aromatic rings. The molecule has 110 valence electrons. The lowest BCUT2D eigenvalue weighted by molar-refractivity contribution is 0.100. The first-order chi connectivity index (χ1) is 9.88. The zero-order valence-electron chi connectivity index (χ0n) is 11.4. The lowest BCUT2D eigenvalue weighted by atomic mass is 10.1. The van der Waals surface area contributed by atoms with Crippen molar-refractivity contribution < 1.29 is 13.6 Å². The van der Waals surface area contributed by atoms with Crippen LogP contribution in [0.1, 0.15) is 15.9 Å². The summed E-state index contributed by atoms with van der Waals surface area (Å²) in [5.41, 5.74) is 11.6. The van der Waals surface area contributed by atoms with Crippen LogP contribution in [0.3, 0.4) is 0 Å². The van der Waals surface area contributed by atoms with Gasteiger partial charge in [0.1, 0.15) is 11.6 Å². The van der Waals surface area contributed by atoms with E-state index in [0.717, 1.165) is 6.07 Å². The number of benzene rings is 2. The number of hydrogen-bond acceptors (Lipinski definition) is 3. The molecule has 0 bridgehead atoms. The van der Waals surface area contributed by atoms with Crippen molar-refractivity contribution in [1.29, 1.82) is 0 Å². The van der Waals surface area contributed by atoms with E-state index in [2.05, 4.69) is 0 Å². The van der Waals surface area contributed by atoms with Gasteiger partial charge in [-0.2, -0.15) is 0 Å². The Hall–Kier alpha value is -2.63. The van der Waals surface area contributed by atoms with Crippen molar-refractivity contribution in [2.45, 2.75) is 6.54 Å². The number of carbonyl (C=O) groups excluding carboxylic acids is 1. The number of rotatable bonds is 4. The number of nitrogens with two attached hydrogens (primary N) is 2. The van der Waals surface area contributed by atoms with Crippen LogP contribution < -0.4 is 16.4 Å². The van der Waals surface area contributed by atoms with Gasteiger partial charge in [-0.15, -0.1) is 0 Å². The third kappa shape index (κ3) is 3.28. The SMILES string of the molecule is CN(Cc1cccc(F)c1)c1cc(C(N)=O)c(N)cc1F. The van der Waals surface area contributed by atoms with Crippen LogP contribution in [0.5, 0.6) is 0 Å². The van der Waals surface area contributed by atoms with Gasteiger partial charge < -0.3 is 16.4 Å². The van der Waals surface area contributed by atoms with E-state index < -0.39 is 11.7 Å². The molecule has 6 heteroatoms. The number of amides is 1. The molecule has 2 rings (SSSR count). The Kier molecular flexibility index (Phi) is 4.07. The van der Waals surface area contributed by atoms with Crippen LogP contribution in [-0.2, 0) is 6.54 Å². The molecule has 0 aliphatic heterocycles. The quantitative estimate of drug-likeness (QED) is 0.849. The average molecular weight is 291 g/mol. The Morgan fingerprint density at radius 3 is 2.57 bits per heavy atom. The Balaban J connectivity index is 2.32. The maximum atomic E-state index is 14.0. The Morgan fingerprint density at radius 1 is 1.24 bits per heavy atom. The van der Waals surface area contributed by atoms with Crippen LogP contribution in [0.25, 0.3) is 0 Å². The topological polar surface area (TPSA) is 72.3 Å². The van der Waals surface area contributed by atoms with Crippen LogP contribution in [0, 0.1) is 11.6 Å². The van der Waals surface area contributed by atoms with Crippen molar-refractivity contribution in [2.75, 3.05) is 17.7 Å². The Bertz CT molecular complexity index is 689. The molecule has 0 unspecified atom stereocenters. The monoisotopic (exact) mass is 291 g/mol. The summed E-state index contributed by atoms with van der Waals surface area (Å²) in [6.45, 7) is 0.275. The molecule has 2 aromatic carbocycles. The average Bonchev–Trinajstić information content (AvgIpc) is 2.37. The van der Waals surface area contributed by atoms with E-state index in [4.69, 9.17) is 11.5 Å². The smallest absolute Gasteiger partial charge is 0.250 e. The normalized spacial score (nSPS) is 10.4. The van der Waals surface area contributed by atoms with E-state index in [1.807, 2.05) is 0 Å². The summed E-state index contributed by atoms with van der Waals surface area (Å²) in [6, 6.07) is 8.35. The molecule has 0 heterocycles. The van der Waals surface area contributed by atoms with Gasteiger partial charge in [0.05, 0.1) is 11.3 Å². The fourth-order valence-electron chi connectivity index (χ4n) is 2.08. The maximum Gasteiger partial charge on any atom is 0.250 e. The molecular formula is C15H15F2N3O. The molecule has 0 saturated carbocycles. The van der Waals surface area contributed by atoms with E-state index >= 15 is 0 Å². The van der Waals surface area contributed by atoms with E-state index in [9.17, 15) is 13.6 Å². The first-order valence-electron chi connectivity index (χ1n) is 6.23. The molecule has 1 amide bonds. The second-order valence-corrected chi connectivity index (χ2v) is 4.74. The van der Waals surface area contributed by atoms with Gasteiger partial charge in [-0.1, -0.05) is 12.1 Å². The fourth-order valence-corrected chi connectivity index (χ4v) is 2.08. The van der Waals surface area contributed by atoms with Crippen LogP contribution >= 0.6 is 0 Å². The zero-order valence-corrected chi connectivity index (χ0v) is 11.4. The molecule has 4 nitrogen and oxygen atoms in total. The molecule has 0 fully saturated rings. The van der Waals surface area contributed by atoms with Crippen LogP contribution in [0.2, 0.25) is 0 Å². The van der Waals surface area contributed by atoms with E-state index in [0.29, 0.717) is 5.56 Å². The highest BCUT2D eigenvalue weighted by molar-refractivity contribution is 5.99. The highest BCUT2D eigenvalue weighted by atomic mass is 19.1. The molecule has 0 aliphatic rings. The minimum atomic E-state index is -0.729. The lowest BCUT2D eigenvalue weighted by Gasteiger charge is -2.21. The van der Waals surface area contributed by atoms with Gasteiger partial charge in [0.2, 0.25) is 0 Å². The van der Waals surface area contributed by atoms with Crippen molar-refractivity contribution in [3.8, 4) is 0 Å². The first-order valence-corrected chi connectivity index (χ1v) is 6.23. The van der Waals surface area contributed by atoms with Crippen LogP contribution in [0.15, 0.2) is 36.4 Å². The Morgan fingerprint density at radius 2 is 1.95 bits per heavy atom. The summed E-state index contributed by atoms with van der Waals surface area (Å²) >= 11 is 0. The van der Waals surface area contributed by atoms with Crippen molar-refractivity contribution in [2.24, 2.45) is 5.73 Å². The minimum absolute atomic E-state index is 0.0112. The van der Waals surface area contributed by atoms with E-state index in [1.54, 1.807) is 24.1 Å². The van der Waals surface area contributed by atoms with Gasteiger partial charge in [-0.05, 0) is 29.8 Å². The largest absolute Gasteiger partial charge is 0.398 e. The predicted molar refractivity (Wildman–Crippen MR) is 77.8 cm³/mol. The van der Waals surface area contributed by atoms with Crippen LogP contribution in [-0.4, -0.2) is 13.0 Å². The molecule has 0 saturated heterocycles. The molecule has 0 radical (unpaired) electrons. The van der Waals surface area contributed by atoms with Gasteiger partial charge in [0.15, 0.2) is 0 Å². The van der Waals surface area contributed by atoms with E-state index in [1.165, 1.54) is 18.2 Å². The van der Waals surface area contributed by atoms with Crippen molar-refractivity contribution in [1.82, 2.24) is 0 Å². The number of carbonyl (C=O) groups is 1. The van der Waals surface area contributed by atoms with Gasteiger partial charge in [-0.3, -0.25) is 4.79 Å².